The van der Waals surface area contributed by atoms with Gasteiger partial charge < -0.3 is 14.5 Å². The molecule has 0 aliphatic carbocycles. The molecule has 0 atom stereocenters. The number of halogens is 2. The zero-order chi connectivity index (χ0) is 14.4. The van der Waals surface area contributed by atoms with Crippen LogP contribution in [0.2, 0.25) is 10.2 Å². The number of pyridine rings is 1. The summed E-state index contributed by atoms with van der Waals surface area (Å²) in [5, 5.41) is 0.617. The monoisotopic (exact) mass is 321 g/mol. The number of imidazole rings is 1. The van der Waals surface area contributed by atoms with E-state index < -0.39 is 0 Å². The molecule has 0 fully saturated rings. The predicted octanol–water partition coefficient (Wildman–Crippen LogP) is 3.70. The van der Waals surface area contributed by atoms with Crippen LogP contribution < -0.4 is 9.47 Å². The Morgan fingerprint density at radius 2 is 1.95 bits per heavy atom. The summed E-state index contributed by atoms with van der Waals surface area (Å²) >= 11 is 11.9. The van der Waals surface area contributed by atoms with Gasteiger partial charge in [0.25, 0.3) is 0 Å². The van der Waals surface area contributed by atoms with Crippen LogP contribution in [0.4, 0.5) is 0 Å². The van der Waals surface area contributed by atoms with Crippen molar-refractivity contribution in [1.29, 1.82) is 0 Å². The number of H-pyrrole nitrogens is 1. The molecule has 21 heavy (non-hydrogen) atoms. The minimum absolute atomic E-state index is 0.233. The number of ether oxygens (including phenoxy) is 2. The van der Waals surface area contributed by atoms with Gasteiger partial charge in [0.15, 0.2) is 17.1 Å². The van der Waals surface area contributed by atoms with Gasteiger partial charge in [-0.1, -0.05) is 29.3 Å². The summed E-state index contributed by atoms with van der Waals surface area (Å²) in [4.78, 5) is 11.8. The molecule has 0 saturated carbocycles. The summed E-state index contributed by atoms with van der Waals surface area (Å²) in [5.41, 5.74) is 2.04. The van der Waals surface area contributed by atoms with Gasteiger partial charge in [-0.2, -0.15) is 0 Å². The minimum atomic E-state index is 0.233. The molecule has 1 aliphatic heterocycles. The minimum Gasteiger partial charge on any atom is -0.486 e. The van der Waals surface area contributed by atoms with Gasteiger partial charge in [-0.15, -0.1) is 0 Å². The van der Waals surface area contributed by atoms with Crippen molar-refractivity contribution in [2.75, 3.05) is 13.2 Å². The smallest absolute Gasteiger partial charge is 0.179 e. The van der Waals surface area contributed by atoms with E-state index >= 15 is 0 Å². The highest BCUT2D eigenvalue weighted by molar-refractivity contribution is 6.41. The molecule has 4 rings (SSSR count). The van der Waals surface area contributed by atoms with Gasteiger partial charge in [0.2, 0.25) is 0 Å². The number of hydrogen-bond acceptors (Lipinski definition) is 4. The van der Waals surface area contributed by atoms with Crippen molar-refractivity contribution in [3.63, 3.8) is 0 Å². The molecule has 0 unspecified atom stereocenters. The predicted molar refractivity (Wildman–Crippen MR) is 80.3 cm³/mol. The molecule has 1 N–H and O–H groups in total. The summed E-state index contributed by atoms with van der Waals surface area (Å²) in [7, 11) is 0. The molecule has 106 valence electrons. The Hall–Kier alpha value is -1.98. The Morgan fingerprint density at radius 1 is 1.10 bits per heavy atom. The first-order valence-electron chi connectivity index (χ1n) is 6.33. The number of nitrogens with zero attached hydrogens (tertiary/aromatic N) is 2. The van der Waals surface area contributed by atoms with Crippen LogP contribution in [0.1, 0.15) is 0 Å². The van der Waals surface area contributed by atoms with Crippen molar-refractivity contribution >= 4 is 34.4 Å². The zero-order valence-corrected chi connectivity index (χ0v) is 12.2. The molecule has 0 saturated heterocycles. The summed E-state index contributed by atoms with van der Waals surface area (Å²) in [6, 6.07) is 7.37. The molecule has 1 aromatic carbocycles. The maximum absolute atomic E-state index is 5.97. The van der Waals surface area contributed by atoms with Crippen LogP contribution in [0.5, 0.6) is 11.5 Å². The number of hydrogen-bond donors (Lipinski definition) is 1. The Labute approximate surface area is 129 Å². The average Bonchev–Trinajstić information content (AvgIpc) is 2.90. The van der Waals surface area contributed by atoms with E-state index in [1.54, 1.807) is 6.07 Å². The number of fused-ring (bicyclic) bond motifs is 2. The summed E-state index contributed by atoms with van der Waals surface area (Å²) in [5.74, 6) is 2.03. The fourth-order valence-electron chi connectivity index (χ4n) is 2.28. The van der Waals surface area contributed by atoms with Gasteiger partial charge in [0.05, 0.1) is 16.1 Å². The van der Waals surface area contributed by atoms with E-state index in [2.05, 4.69) is 15.0 Å². The average molecular weight is 322 g/mol. The van der Waals surface area contributed by atoms with Crippen molar-refractivity contribution in [3.8, 4) is 22.9 Å². The second-order valence-electron chi connectivity index (χ2n) is 4.55. The van der Waals surface area contributed by atoms with Crippen LogP contribution in [0, 0.1) is 0 Å². The third-order valence-electron chi connectivity index (χ3n) is 3.21. The van der Waals surface area contributed by atoms with Crippen LogP contribution in [0.3, 0.4) is 0 Å². The van der Waals surface area contributed by atoms with Crippen molar-refractivity contribution < 1.29 is 9.47 Å². The molecular weight excluding hydrogens is 313 g/mol. The molecular formula is C14H9Cl2N3O2. The Morgan fingerprint density at radius 3 is 2.86 bits per heavy atom. The van der Waals surface area contributed by atoms with E-state index in [1.165, 1.54) is 0 Å². The van der Waals surface area contributed by atoms with E-state index in [0.717, 1.165) is 5.56 Å². The quantitative estimate of drug-likeness (QED) is 0.694. The Balaban J connectivity index is 1.91. The SMILES string of the molecule is Clc1cc2[nH]c(-c3cccc4c3OCCO4)nc2nc1Cl. The summed E-state index contributed by atoms with van der Waals surface area (Å²) in [6.07, 6.45) is 0. The van der Waals surface area contributed by atoms with Gasteiger partial charge in [0, 0.05) is 0 Å². The lowest BCUT2D eigenvalue weighted by atomic mass is 10.1. The number of aromatic nitrogens is 3. The van der Waals surface area contributed by atoms with E-state index in [4.69, 9.17) is 32.7 Å². The maximum Gasteiger partial charge on any atom is 0.179 e. The van der Waals surface area contributed by atoms with Crippen LogP contribution in [-0.4, -0.2) is 28.2 Å². The number of rotatable bonds is 1. The van der Waals surface area contributed by atoms with E-state index in [-0.39, 0.29) is 5.15 Å². The van der Waals surface area contributed by atoms with Gasteiger partial charge >= 0.3 is 0 Å². The molecule has 0 amide bonds. The molecule has 1 aliphatic rings. The van der Waals surface area contributed by atoms with Crippen LogP contribution >= 0.6 is 23.2 Å². The highest BCUT2D eigenvalue weighted by Crippen LogP contribution is 2.39. The number of nitrogens with one attached hydrogen (secondary N) is 1. The standard InChI is InChI=1S/C14H9Cl2N3O2/c15-8-6-9-14(18-12(8)16)19-13(17-9)7-2-1-3-10-11(7)21-5-4-20-10/h1-3,6H,4-5H2,(H,17,18,19). The first-order valence-corrected chi connectivity index (χ1v) is 7.09. The topological polar surface area (TPSA) is 60.0 Å². The lowest BCUT2D eigenvalue weighted by Gasteiger charge is -2.20. The second kappa shape index (κ2) is 4.79. The Bertz CT molecular complexity index is 809. The molecule has 2 aromatic heterocycles. The van der Waals surface area contributed by atoms with Gasteiger partial charge in [-0.3, -0.25) is 0 Å². The van der Waals surface area contributed by atoms with Gasteiger partial charge in [-0.25, -0.2) is 9.97 Å². The van der Waals surface area contributed by atoms with Crippen LogP contribution in [0.15, 0.2) is 24.3 Å². The normalized spacial score (nSPS) is 13.6. The highest BCUT2D eigenvalue weighted by Gasteiger charge is 2.19. The number of benzene rings is 1. The fraction of sp³-hybridized carbons (Fsp3) is 0.143. The third kappa shape index (κ3) is 2.09. The molecule has 3 aromatic rings. The molecule has 0 spiro atoms. The first-order chi connectivity index (χ1) is 10.2. The van der Waals surface area contributed by atoms with Crippen molar-refractivity contribution in [2.24, 2.45) is 0 Å². The highest BCUT2D eigenvalue weighted by atomic mass is 35.5. The summed E-state index contributed by atoms with van der Waals surface area (Å²) in [6.45, 7) is 1.06. The zero-order valence-electron chi connectivity index (χ0n) is 10.7. The molecule has 5 nitrogen and oxygen atoms in total. The van der Waals surface area contributed by atoms with Crippen LogP contribution in [-0.2, 0) is 0 Å². The van der Waals surface area contributed by atoms with Gasteiger partial charge in [0.1, 0.15) is 24.2 Å². The first kappa shape index (κ1) is 12.7. The van der Waals surface area contributed by atoms with Crippen LogP contribution in [0.25, 0.3) is 22.6 Å². The van der Waals surface area contributed by atoms with Crippen molar-refractivity contribution in [3.05, 3.63) is 34.4 Å². The lowest BCUT2D eigenvalue weighted by molar-refractivity contribution is 0.172. The van der Waals surface area contributed by atoms with Crippen molar-refractivity contribution in [1.82, 2.24) is 15.0 Å². The molecule has 7 heteroatoms. The number of aromatic amines is 1. The third-order valence-corrected chi connectivity index (χ3v) is 3.88. The van der Waals surface area contributed by atoms with E-state index in [1.807, 2.05) is 18.2 Å². The molecule has 3 heterocycles. The number of para-hydroxylation sites is 1. The van der Waals surface area contributed by atoms with E-state index in [0.29, 0.717) is 46.7 Å². The molecule has 0 radical (unpaired) electrons. The lowest BCUT2D eigenvalue weighted by Crippen LogP contribution is -2.15. The Kier molecular flexibility index (Phi) is 2.90. The maximum atomic E-state index is 5.97. The van der Waals surface area contributed by atoms with Crippen molar-refractivity contribution in [2.45, 2.75) is 0 Å². The second-order valence-corrected chi connectivity index (χ2v) is 5.31. The van der Waals surface area contributed by atoms with Gasteiger partial charge in [-0.05, 0) is 18.2 Å². The fourth-order valence-corrected chi connectivity index (χ4v) is 2.57. The molecule has 0 bridgehead atoms. The summed E-state index contributed by atoms with van der Waals surface area (Å²) < 4.78 is 11.3. The largest absolute Gasteiger partial charge is 0.486 e. The van der Waals surface area contributed by atoms with E-state index in [9.17, 15) is 0 Å².